The molecule has 110 valence electrons. The highest BCUT2D eigenvalue weighted by molar-refractivity contribution is 5.92. The molecule has 4 heteroatoms. The lowest BCUT2D eigenvalue weighted by Crippen LogP contribution is -2.27. The van der Waals surface area contributed by atoms with E-state index in [0.29, 0.717) is 5.69 Å². The molecule has 3 rings (SSSR count). The minimum absolute atomic E-state index is 0.0757. The van der Waals surface area contributed by atoms with Crippen LogP contribution in [0.2, 0.25) is 0 Å². The van der Waals surface area contributed by atoms with Gasteiger partial charge in [-0.05, 0) is 48.9 Å². The molecule has 2 heterocycles. The minimum Gasteiger partial charge on any atom is -0.344 e. The van der Waals surface area contributed by atoms with Gasteiger partial charge in [0, 0.05) is 24.3 Å². The number of benzene rings is 1. The number of amides is 1. The van der Waals surface area contributed by atoms with Crippen LogP contribution in [0.25, 0.3) is 5.69 Å². The van der Waals surface area contributed by atoms with Gasteiger partial charge in [0.05, 0.1) is 6.04 Å². The summed E-state index contributed by atoms with van der Waals surface area (Å²) >= 11 is 0. The fourth-order valence-electron chi connectivity index (χ4n) is 2.29. The Labute approximate surface area is 129 Å². The number of rotatable bonds is 4. The van der Waals surface area contributed by atoms with Crippen molar-refractivity contribution in [2.24, 2.45) is 0 Å². The number of pyridine rings is 1. The molecule has 0 radical (unpaired) electrons. The predicted molar refractivity (Wildman–Crippen MR) is 85.9 cm³/mol. The number of hydrogen-bond donors (Lipinski definition) is 1. The lowest BCUT2D eigenvalue weighted by molar-refractivity contribution is 0.0935. The second-order valence-electron chi connectivity index (χ2n) is 5.09. The van der Waals surface area contributed by atoms with E-state index < -0.39 is 0 Å². The normalized spacial score (nSPS) is 11.9. The number of nitrogens with zero attached hydrogens (tertiary/aromatic N) is 2. The summed E-state index contributed by atoms with van der Waals surface area (Å²) in [5.41, 5.74) is 2.58. The summed E-state index contributed by atoms with van der Waals surface area (Å²) in [5.74, 6) is -0.164. The summed E-state index contributed by atoms with van der Waals surface area (Å²) in [4.78, 5) is 16.2. The molecule has 22 heavy (non-hydrogen) atoms. The minimum atomic E-state index is -0.164. The Morgan fingerprint density at radius 3 is 2.41 bits per heavy atom. The van der Waals surface area contributed by atoms with Crippen molar-refractivity contribution in [2.75, 3.05) is 0 Å². The first-order valence-corrected chi connectivity index (χ1v) is 7.19. The van der Waals surface area contributed by atoms with Crippen LogP contribution in [0.5, 0.6) is 0 Å². The second kappa shape index (κ2) is 6.26. The molecule has 1 aromatic carbocycles. The molecule has 0 unspecified atom stereocenters. The summed E-state index contributed by atoms with van der Waals surface area (Å²) < 4.78 is 2.04. The highest BCUT2D eigenvalue weighted by Crippen LogP contribution is 2.16. The molecule has 2 aromatic heterocycles. The van der Waals surface area contributed by atoms with Crippen LogP contribution in [-0.2, 0) is 0 Å². The van der Waals surface area contributed by atoms with Crippen LogP contribution in [0.4, 0.5) is 0 Å². The molecule has 0 aliphatic rings. The number of carbonyl (C=O) groups is 1. The van der Waals surface area contributed by atoms with Crippen molar-refractivity contribution in [3.05, 3.63) is 84.4 Å². The van der Waals surface area contributed by atoms with Crippen LogP contribution in [0.15, 0.2) is 73.2 Å². The SMILES string of the molecule is C[C@@H](NC(=O)c1ccccn1)c1ccc(-n2cccc2)cc1. The standard InChI is InChI=1S/C18H17N3O/c1-14(20-18(22)17-6-2-3-11-19-17)15-7-9-16(10-8-15)21-12-4-5-13-21/h2-14H,1H3,(H,20,22)/t14-/m1/s1. The summed E-state index contributed by atoms with van der Waals surface area (Å²) in [6, 6.07) is 17.3. The molecule has 4 nitrogen and oxygen atoms in total. The maximum absolute atomic E-state index is 12.1. The van der Waals surface area contributed by atoms with Gasteiger partial charge in [0.2, 0.25) is 0 Å². The van der Waals surface area contributed by atoms with E-state index in [4.69, 9.17) is 0 Å². The fourth-order valence-corrected chi connectivity index (χ4v) is 2.29. The average Bonchev–Trinajstić information content (AvgIpc) is 3.10. The van der Waals surface area contributed by atoms with Gasteiger partial charge >= 0.3 is 0 Å². The van der Waals surface area contributed by atoms with Crippen LogP contribution in [-0.4, -0.2) is 15.5 Å². The molecule has 0 spiro atoms. The molecule has 0 saturated carbocycles. The Morgan fingerprint density at radius 2 is 1.77 bits per heavy atom. The number of aromatic nitrogens is 2. The number of hydrogen-bond acceptors (Lipinski definition) is 2. The maximum atomic E-state index is 12.1. The lowest BCUT2D eigenvalue weighted by Gasteiger charge is -2.14. The lowest BCUT2D eigenvalue weighted by atomic mass is 10.1. The van der Waals surface area contributed by atoms with Gasteiger partial charge in [-0.2, -0.15) is 0 Å². The zero-order valence-electron chi connectivity index (χ0n) is 12.3. The van der Waals surface area contributed by atoms with Crippen molar-refractivity contribution in [2.45, 2.75) is 13.0 Å². The van der Waals surface area contributed by atoms with E-state index in [-0.39, 0.29) is 11.9 Å². The highest BCUT2D eigenvalue weighted by Gasteiger charge is 2.12. The monoisotopic (exact) mass is 291 g/mol. The Hall–Kier alpha value is -2.88. The smallest absolute Gasteiger partial charge is 0.270 e. The molecule has 0 fully saturated rings. The summed E-state index contributed by atoms with van der Waals surface area (Å²) in [7, 11) is 0. The highest BCUT2D eigenvalue weighted by atomic mass is 16.1. The van der Waals surface area contributed by atoms with Crippen LogP contribution in [0, 0.1) is 0 Å². The van der Waals surface area contributed by atoms with E-state index in [1.807, 2.05) is 60.3 Å². The Morgan fingerprint density at radius 1 is 1.05 bits per heavy atom. The molecule has 0 aliphatic heterocycles. The Kier molecular flexibility index (Phi) is 4.01. The van der Waals surface area contributed by atoms with E-state index in [1.165, 1.54) is 0 Å². The van der Waals surface area contributed by atoms with Crippen molar-refractivity contribution in [1.82, 2.24) is 14.9 Å². The number of carbonyl (C=O) groups excluding carboxylic acids is 1. The van der Waals surface area contributed by atoms with Gasteiger partial charge in [-0.15, -0.1) is 0 Å². The predicted octanol–water partition coefficient (Wildman–Crippen LogP) is 3.36. The van der Waals surface area contributed by atoms with Crippen molar-refractivity contribution in [3.63, 3.8) is 0 Å². The summed E-state index contributed by atoms with van der Waals surface area (Å²) in [5, 5.41) is 2.96. The van der Waals surface area contributed by atoms with Gasteiger partial charge in [-0.25, -0.2) is 0 Å². The molecular formula is C18H17N3O. The Bertz CT molecular complexity index is 734. The van der Waals surface area contributed by atoms with Crippen molar-refractivity contribution in [1.29, 1.82) is 0 Å². The van der Waals surface area contributed by atoms with Gasteiger partial charge in [0.15, 0.2) is 0 Å². The fraction of sp³-hybridized carbons (Fsp3) is 0.111. The third-order valence-corrected chi connectivity index (χ3v) is 3.54. The first-order valence-electron chi connectivity index (χ1n) is 7.19. The molecule has 0 aliphatic carbocycles. The molecule has 1 N–H and O–H groups in total. The molecule has 3 aromatic rings. The van der Waals surface area contributed by atoms with E-state index in [2.05, 4.69) is 10.3 Å². The van der Waals surface area contributed by atoms with Crippen LogP contribution in [0.1, 0.15) is 29.0 Å². The topological polar surface area (TPSA) is 46.9 Å². The Balaban J connectivity index is 1.70. The van der Waals surface area contributed by atoms with Gasteiger partial charge in [-0.1, -0.05) is 18.2 Å². The van der Waals surface area contributed by atoms with Crippen molar-refractivity contribution in [3.8, 4) is 5.69 Å². The molecular weight excluding hydrogens is 274 g/mol. The van der Waals surface area contributed by atoms with E-state index >= 15 is 0 Å². The van der Waals surface area contributed by atoms with Gasteiger partial charge in [0.25, 0.3) is 5.91 Å². The molecule has 0 bridgehead atoms. The molecule has 0 saturated heterocycles. The maximum Gasteiger partial charge on any atom is 0.270 e. The second-order valence-corrected chi connectivity index (χ2v) is 5.09. The summed E-state index contributed by atoms with van der Waals surface area (Å²) in [6.45, 7) is 1.96. The third kappa shape index (κ3) is 3.06. The first-order chi connectivity index (χ1) is 10.7. The molecule has 1 amide bonds. The largest absolute Gasteiger partial charge is 0.344 e. The quantitative estimate of drug-likeness (QED) is 0.801. The van der Waals surface area contributed by atoms with E-state index in [9.17, 15) is 4.79 Å². The van der Waals surface area contributed by atoms with Crippen molar-refractivity contribution >= 4 is 5.91 Å². The average molecular weight is 291 g/mol. The van der Waals surface area contributed by atoms with Crippen LogP contribution >= 0.6 is 0 Å². The van der Waals surface area contributed by atoms with E-state index in [1.54, 1.807) is 24.4 Å². The number of nitrogens with one attached hydrogen (secondary N) is 1. The van der Waals surface area contributed by atoms with E-state index in [0.717, 1.165) is 11.3 Å². The third-order valence-electron chi connectivity index (χ3n) is 3.54. The van der Waals surface area contributed by atoms with Gasteiger partial charge in [0.1, 0.15) is 5.69 Å². The van der Waals surface area contributed by atoms with Crippen LogP contribution in [0.3, 0.4) is 0 Å². The zero-order chi connectivity index (χ0) is 15.4. The summed E-state index contributed by atoms with van der Waals surface area (Å²) in [6.07, 6.45) is 5.62. The van der Waals surface area contributed by atoms with Crippen LogP contribution < -0.4 is 5.32 Å². The van der Waals surface area contributed by atoms with Crippen molar-refractivity contribution < 1.29 is 4.79 Å². The van der Waals surface area contributed by atoms with Gasteiger partial charge < -0.3 is 9.88 Å². The molecule has 1 atom stereocenters. The zero-order valence-corrected chi connectivity index (χ0v) is 12.3. The first kappa shape index (κ1) is 14.1. The van der Waals surface area contributed by atoms with Gasteiger partial charge in [-0.3, -0.25) is 9.78 Å².